The van der Waals surface area contributed by atoms with E-state index in [0.717, 1.165) is 25.1 Å². The van der Waals surface area contributed by atoms with Gasteiger partial charge in [-0.2, -0.15) is 0 Å². The Morgan fingerprint density at radius 2 is 1.90 bits per heavy atom. The minimum atomic E-state index is -0.359. The molecule has 1 aliphatic rings. The number of para-hydroxylation sites is 1. The Bertz CT molecular complexity index is 652. The number of benzene rings is 2. The van der Waals surface area contributed by atoms with E-state index >= 15 is 0 Å². The number of hydrogen-bond donors (Lipinski definition) is 0. The van der Waals surface area contributed by atoms with E-state index in [1.165, 1.54) is 11.3 Å². The fraction of sp³-hybridized carbons (Fsp3) is 0.294. The highest BCUT2D eigenvalue weighted by molar-refractivity contribution is 5.60. The van der Waals surface area contributed by atoms with Crippen LogP contribution in [0.15, 0.2) is 48.5 Å². The number of nitro benzene ring substituents is 1. The standard InChI is InChI=1S/C17H18N2O2/c1-13-12-18(17-5-3-2-4-16(13)17)11-10-14-6-8-15(9-7-14)19(20)21/h2-9,13H,10-12H2,1H3. The molecule has 1 atom stereocenters. The SMILES string of the molecule is CC1CN(CCc2ccc([N+](=O)[O-])cc2)c2ccccc21. The summed E-state index contributed by atoms with van der Waals surface area (Å²) in [5.41, 5.74) is 4.03. The number of rotatable bonds is 4. The summed E-state index contributed by atoms with van der Waals surface area (Å²) in [7, 11) is 0. The lowest BCUT2D eigenvalue weighted by atomic mass is 10.0. The molecule has 3 rings (SSSR count). The third kappa shape index (κ3) is 2.75. The van der Waals surface area contributed by atoms with Gasteiger partial charge in [-0.05, 0) is 23.6 Å². The van der Waals surface area contributed by atoms with E-state index in [9.17, 15) is 10.1 Å². The molecule has 4 heteroatoms. The molecule has 1 unspecified atom stereocenters. The van der Waals surface area contributed by atoms with Gasteiger partial charge in [-0.1, -0.05) is 37.3 Å². The van der Waals surface area contributed by atoms with Gasteiger partial charge in [0.15, 0.2) is 0 Å². The van der Waals surface area contributed by atoms with Crippen molar-refractivity contribution in [1.82, 2.24) is 0 Å². The van der Waals surface area contributed by atoms with E-state index in [-0.39, 0.29) is 10.6 Å². The molecule has 0 fully saturated rings. The normalized spacial score (nSPS) is 16.8. The molecule has 1 aliphatic heterocycles. The lowest BCUT2D eigenvalue weighted by Crippen LogP contribution is -2.24. The second-order valence-electron chi connectivity index (χ2n) is 5.58. The van der Waals surface area contributed by atoms with Gasteiger partial charge in [0, 0.05) is 36.8 Å². The van der Waals surface area contributed by atoms with Crippen molar-refractivity contribution in [2.75, 3.05) is 18.0 Å². The summed E-state index contributed by atoms with van der Waals surface area (Å²) >= 11 is 0. The van der Waals surface area contributed by atoms with Gasteiger partial charge >= 0.3 is 0 Å². The van der Waals surface area contributed by atoms with Crippen molar-refractivity contribution in [3.8, 4) is 0 Å². The Labute approximate surface area is 124 Å². The molecule has 0 aromatic heterocycles. The van der Waals surface area contributed by atoms with Crippen LogP contribution in [0.25, 0.3) is 0 Å². The first-order valence-corrected chi connectivity index (χ1v) is 7.22. The molecule has 0 saturated carbocycles. The van der Waals surface area contributed by atoms with E-state index in [0.29, 0.717) is 5.92 Å². The second kappa shape index (κ2) is 5.56. The van der Waals surface area contributed by atoms with Gasteiger partial charge in [0.1, 0.15) is 0 Å². The number of anilines is 1. The third-order valence-electron chi connectivity index (χ3n) is 4.12. The molecular weight excluding hydrogens is 264 g/mol. The molecule has 2 aromatic rings. The van der Waals surface area contributed by atoms with Gasteiger partial charge in [-0.25, -0.2) is 0 Å². The molecule has 0 saturated heterocycles. The van der Waals surface area contributed by atoms with E-state index in [1.54, 1.807) is 12.1 Å². The molecule has 0 amide bonds. The molecule has 108 valence electrons. The zero-order valence-corrected chi connectivity index (χ0v) is 12.0. The molecule has 0 bridgehead atoms. The van der Waals surface area contributed by atoms with E-state index in [4.69, 9.17) is 0 Å². The minimum absolute atomic E-state index is 0.152. The van der Waals surface area contributed by atoms with Crippen LogP contribution in [0, 0.1) is 10.1 Å². The largest absolute Gasteiger partial charge is 0.370 e. The third-order valence-corrected chi connectivity index (χ3v) is 4.12. The van der Waals surface area contributed by atoms with Crippen molar-refractivity contribution in [3.05, 3.63) is 69.8 Å². The molecule has 0 aliphatic carbocycles. The van der Waals surface area contributed by atoms with Crippen molar-refractivity contribution < 1.29 is 4.92 Å². The van der Waals surface area contributed by atoms with Gasteiger partial charge in [0.05, 0.1) is 4.92 Å². The quantitative estimate of drug-likeness (QED) is 0.633. The van der Waals surface area contributed by atoms with Gasteiger partial charge in [0.25, 0.3) is 5.69 Å². The van der Waals surface area contributed by atoms with E-state index in [2.05, 4.69) is 36.1 Å². The first kappa shape index (κ1) is 13.6. The molecule has 0 N–H and O–H groups in total. The highest BCUT2D eigenvalue weighted by Crippen LogP contribution is 2.35. The number of nitro groups is 1. The second-order valence-corrected chi connectivity index (χ2v) is 5.58. The summed E-state index contributed by atoms with van der Waals surface area (Å²) in [4.78, 5) is 12.7. The van der Waals surface area contributed by atoms with E-state index < -0.39 is 0 Å². The maximum atomic E-state index is 10.6. The fourth-order valence-corrected chi connectivity index (χ4v) is 2.98. The van der Waals surface area contributed by atoms with Crippen LogP contribution in [0.5, 0.6) is 0 Å². The monoisotopic (exact) mass is 282 g/mol. The molecule has 0 spiro atoms. The Kier molecular flexibility index (Phi) is 3.60. The van der Waals surface area contributed by atoms with Crippen molar-refractivity contribution in [2.24, 2.45) is 0 Å². The van der Waals surface area contributed by atoms with Crippen LogP contribution in [0.4, 0.5) is 11.4 Å². The fourth-order valence-electron chi connectivity index (χ4n) is 2.98. The van der Waals surface area contributed by atoms with Gasteiger partial charge in [-0.15, -0.1) is 0 Å². The summed E-state index contributed by atoms with van der Waals surface area (Å²) in [5, 5.41) is 10.6. The van der Waals surface area contributed by atoms with Crippen LogP contribution in [0.3, 0.4) is 0 Å². The van der Waals surface area contributed by atoms with Crippen LogP contribution in [-0.4, -0.2) is 18.0 Å². The molecule has 0 radical (unpaired) electrons. The smallest absolute Gasteiger partial charge is 0.269 e. The number of hydrogen-bond acceptors (Lipinski definition) is 3. The van der Waals surface area contributed by atoms with Crippen LogP contribution in [0.1, 0.15) is 24.0 Å². The van der Waals surface area contributed by atoms with Crippen LogP contribution in [0.2, 0.25) is 0 Å². The molecule has 4 nitrogen and oxygen atoms in total. The zero-order valence-electron chi connectivity index (χ0n) is 12.0. The highest BCUT2D eigenvalue weighted by Gasteiger charge is 2.24. The van der Waals surface area contributed by atoms with Crippen LogP contribution < -0.4 is 4.90 Å². The van der Waals surface area contributed by atoms with Gasteiger partial charge in [0.2, 0.25) is 0 Å². The maximum absolute atomic E-state index is 10.6. The maximum Gasteiger partial charge on any atom is 0.269 e. The zero-order chi connectivity index (χ0) is 14.8. The topological polar surface area (TPSA) is 46.4 Å². The Morgan fingerprint density at radius 3 is 2.62 bits per heavy atom. The Morgan fingerprint density at radius 1 is 1.19 bits per heavy atom. The first-order valence-electron chi connectivity index (χ1n) is 7.22. The highest BCUT2D eigenvalue weighted by atomic mass is 16.6. The predicted molar refractivity (Wildman–Crippen MR) is 83.9 cm³/mol. The first-order chi connectivity index (χ1) is 10.1. The number of nitrogens with zero attached hydrogens (tertiary/aromatic N) is 2. The van der Waals surface area contributed by atoms with Crippen molar-refractivity contribution >= 4 is 11.4 Å². The van der Waals surface area contributed by atoms with Crippen LogP contribution >= 0.6 is 0 Å². The van der Waals surface area contributed by atoms with Crippen molar-refractivity contribution in [3.63, 3.8) is 0 Å². The lowest BCUT2D eigenvalue weighted by molar-refractivity contribution is -0.384. The summed E-state index contributed by atoms with van der Waals surface area (Å²) in [6, 6.07) is 15.4. The molecule has 2 aromatic carbocycles. The van der Waals surface area contributed by atoms with Crippen molar-refractivity contribution in [1.29, 1.82) is 0 Å². The van der Waals surface area contributed by atoms with Gasteiger partial charge < -0.3 is 4.90 Å². The van der Waals surface area contributed by atoms with Crippen molar-refractivity contribution in [2.45, 2.75) is 19.3 Å². The van der Waals surface area contributed by atoms with Gasteiger partial charge in [-0.3, -0.25) is 10.1 Å². The van der Waals surface area contributed by atoms with Crippen LogP contribution in [-0.2, 0) is 6.42 Å². The Balaban J connectivity index is 1.67. The number of fused-ring (bicyclic) bond motifs is 1. The average Bonchev–Trinajstić information content (AvgIpc) is 2.83. The molecule has 21 heavy (non-hydrogen) atoms. The minimum Gasteiger partial charge on any atom is -0.370 e. The Hall–Kier alpha value is -2.36. The summed E-state index contributed by atoms with van der Waals surface area (Å²) in [5.74, 6) is 0.568. The molecular formula is C17H18N2O2. The van der Waals surface area contributed by atoms with E-state index in [1.807, 2.05) is 12.1 Å². The predicted octanol–water partition coefficient (Wildman–Crippen LogP) is 3.76. The summed E-state index contributed by atoms with van der Waals surface area (Å²) in [6.07, 6.45) is 0.902. The lowest BCUT2D eigenvalue weighted by Gasteiger charge is -2.19. The summed E-state index contributed by atoms with van der Waals surface area (Å²) < 4.78 is 0. The summed E-state index contributed by atoms with van der Waals surface area (Å²) in [6.45, 7) is 4.25. The molecule has 1 heterocycles. The average molecular weight is 282 g/mol. The number of non-ortho nitro benzene ring substituents is 1.